The second-order valence-electron chi connectivity index (χ2n) is 0. The van der Waals surface area contributed by atoms with Crippen molar-refractivity contribution < 1.29 is 4.79 Å². The van der Waals surface area contributed by atoms with Gasteiger partial charge in [0.25, 0.3) is 0 Å². The van der Waals surface area contributed by atoms with Crippen LogP contribution in [-0.2, 0) is 4.79 Å². The summed E-state index contributed by atoms with van der Waals surface area (Å²) in [4.78, 5) is 8.00. The molecule has 0 atom stereocenters. The predicted octanol–water partition coefficient (Wildman–Crippen LogP) is -0.947. The Labute approximate surface area is 69.7 Å². The van der Waals surface area contributed by atoms with Crippen molar-refractivity contribution in [3.05, 3.63) is 0 Å². The van der Waals surface area contributed by atoms with E-state index < -0.39 is 0 Å². The molecule has 0 aromatic rings. The third kappa shape index (κ3) is 9.38. The van der Waals surface area contributed by atoms with Crippen molar-refractivity contribution in [1.82, 2.24) is 0 Å². The third-order valence-electron chi connectivity index (χ3n) is 0. The Morgan fingerprint density at radius 1 is 1.00 bits per heavy atom. The van der Waals surface area contributed by atoms with Gasteiger partial charge in [-0.15, -0.1) is 0 Å². The summed E-state index contributed by atoms with van der Waals surface area (Å²) in [6, 6.07) is 0. The van der Waals surface area contributed by atoms with Crippen molar-refractivity contribution in [3.63, 3.8) is 0 Å². The van der Waals surface area contributed by atoms with Gasteiger partial charge in [-0.25, -0.2) is 0 Å². The normalized spacial score (nSPS) is 1.00. The monoisotopic (exact) mass is 76.0 g/mol. The van der Waals surface area contributed by atoms with E-state index >= 15 is 0 Å². The summed E-state index contributed by atoms with van der Waals surface area (Å²) in [5, 5.41) is 0. The van der Waals surface area contributed by atoms with E-state index in [2.05, 4.69) is 0 Å². The molecule has 0 saturated heterocycles. The number of hydrogen-bond acceptors (Lipinski definition) is 1. The molecule has 0 N–H and O–H groups in total. The molecule has 4 heavy (non-hydrogen) atoms. The van der Waals surface area contributed by atoms with Crippen LogP contribution in [0.1, 0.15) is 0 Å². The second-order valence-corrected chi connectivity index (χ2v) is 0. The van der Waals surface area contributed by atoms with Gasteiger partial charge in [-0.2, -0.15) is 0 Å². The van der Waals surface area contributed by atoms with Crippen LogP contribution < -0.4 is 0 Å². The van der Waals surface area contributed by atoms with Crippen LogP contribution in [0.15, 0.2) is 0 Å². The molecule has 0 aliphatic rings. The molecular weight excluding hydrogens is 74.0 g/mol. The molecule has 0 rings (SSSR count). The standard InChI is InChI=1S/CH2O.2Na/c1-2;;/h1H2;;. The summed E-state index contributed by atoms with van der Waals surface area (Å²) in [6.07, 6.45) is 0. The fourth-order valence-electron chi connectivity index (χ4n) is 0. The third-order valence-corrected chi connectivity index (χ3v) is 0. The van der Waals surface area contributed by atoms with Gasteiger partial charge in [0.15, 0.2) is 0 Å². The van der Waals surface area contributed by atoms with Gasteiger partial charge in [0.1, 0.15) is 6.79 Å². The van der Waals surface area contributed by atoms with Crippen molar-refractivity contribution in [2.24, 2.45) is 0 Å². The molecule has 0 heterocycles. The van der Waals surface area contributed by atoms with E-state index in [0.717, 1.165) is 0 Å². The van der Waals surface area contributed by atoms with Crippen molar-refractivity contribution in [2.75, 3.05) is 0 Å². The second kappa shape index (κ2) is 22.6. The molecule has 1 nitrogen and oxygen atoms in total. The van der Waals surface area contributed by atoms with E-state index in [-0.39, 0.29) is 59.1 Å². The van der Waals surface area contributed by atoms with Crippen LogP contribution in [0.2, 0.25) is 0 Å². The van der Waals surface area contributed by atoms with Crippen LogP contribution in [0.3, 0.4) is 0 Å². The SMILES string of the molecule is C=O.[Na].[Na]. The van der Waals surface area contributed by atoms with Crippen LogP contribution >= 0.6 is 0 Å². The molecule has 0 saturated carbocycles. The zero-order valence-corrected chi connectivity index (χ0v) is 7.12. The Balaban J connectivity index is -0.00000000500. The summed E-state index contributed by atoms with van der Waals surface area (Å²) in [6.45, 7) is 2.00. The molecule has 14 valence electrons. The first-order valence-corrected chi connectivity index (χ1v) is 0.289. The van der Waals surface area contributed by atoms with Crippen molar-refractivity contribution in [2.45, 2.75) is 0 Å². The van der Waals surface area contributed by atoms with E-state index in [0.29, 0.717) is 0 Å². The molecule has 3 heteroatoms. The first kappa shape index (κ1) is 17.3. The summed E-state index contributed by atoms with van der Waals surface area (Å²) in [5.41, 5.74) is 0. The number of hydrogen-bond donors (Lipinski definition) is 0. The average molecular weight is 76.0 g/mol. The minimum Gasteiger partial charge on any atom is -0.307 e. The molecule has 0 spiro atoms. The molecule has 0 aromatic heterocycles. The number of carbonyl (C=O) groups excluding carboxylic acids is 1. The molecule has 0 unspecified atom stereocenters. The van der Waals surface area contributed by atoms with Crippen molar-refractivity contribution >= 4 is 65.9 Å². The smallest absolute Gasteiger partial charge is 0.106 e. The predicted molar refractivity (Wildman–Crippen MR) is 18.6 cm³/mol. The van der Waals surface area contributed by atoms with E-state index in [1.54, 1.807) is 0 Å². The van der Waals surface area contributed by atoms with Gasteiger partial charge in [-0.05, 0) is 0 Å². The minimum atomic E-state index is 0. The largest absolute Gasteiger partial charge is 0.307 e. The van der Waals surface area contributed by atoms with Gasteiger partial charge in [0, 0.05) is 59.1 Å². The summed E-state index contributed by atoms with van der Waals surface area (Å²) in [7, 11) is 0. The summed E-state index contributed by atoms with van der Waals surface area (Å²) in [5.74, 6) is 0. The molecule has 0 bridgehead atoms. The molecule has 2 radical (unpaired) electrons. The maximum absolute atomic E-state index is 8.00. The molecule has 0 aliphatic heterocycles. The Morgan fingerprint density at radius 3 is 1.00 bits per heavy atom. The zero-order chi connectivity index (χ0) is 2.00. The van der Waals surface area contributed by atoms with Crippen LogP contribution in [0.25, 0.3) is 0 Å². The molecule has 0 fully saturated rings. The molecule has 0 amide bonds. The quantitative estimate of drug-likeness (QED) is 0.340. The van der Waals surface area contributed by atoms with Crippen molar-refractivity contribution in [3.8, 4) is 0 Å². The minimum absolute atomic E-state index is 0. The van der Waals surface area contributed by atoms with Gasteiger partial charge < -0.3 is 4.79 Å². The van der Waals surface area contributed by atoms with E-state index in [9.17, 15) is 0 Å². The van der Waals surface area contributed by atoms with Crippen molar-refractivity contribution in [1.29, 1.82) is 0 Å². The number of carbonyl (C=O) groups is 1. The average Bonchev–Trinajstić information content (AvgIpc) is 1.00. The van der Waals surface area contributed by atoms with Gasteiger partial charge in [-0.3, -0.25) is 0 Å². The van der Waals surface area contributed by atoms with E-state index in [1.165, 1.54) is 0 Å². The first-order valence-electron chi connectivity index (χ1n) is 0.289. The summed E-state index contributed by atoms with van der Waals surface area (Å²) < 4.78 is 0. The Morgan fingerprint density at radius 2 is 1.00 bits per heavy atom. The zero-order valence-electron chi connectivity index (χ0n) is 3.12. The van der Waals surface area contributed by atoms with E-state index in [1.807, 2.05) is 6.79 Å². The fourth-order valence-corrected chi connectivity index (χ4v) is 0. The van der Waals surface area contributed by atoms with Gasteiger partial charge in [-0.1, -0.05) is 0 Å². The van der Waals surface area contributed by atoms with Gasteiger partial charge >= 0.3 is 0 Å². The molecule has 0 aromatic carbocycles. The topological polar surface area (TPSA) is 17.1 Å². The first-order chi connectivity index (χ1) is 1.00. The Bertz CT molecular complexity index is 6.00. The van der Waals surface area contributed by atoms with E-state index in [4.69, 9.17) is 4.79 Å². The van der Waals surface area contributed by atoms with Gasteiger partial charge in [0.2, 0.25) is 0 Å². The van der Waals surface area contributed by atoms with Crippen LogP contribution in [-0.4, -0.2) is 65.9 Å². The van der Waals surface area contributed by atoms with Crippen LogP contribution in [0.4, 0.5) is 0 Å². The molecular formula is CH2Na2O. The van der Waals surface area contributed by atoms with Crippen LogP contribution in [0.5, 0.6) is 0 Å². The van der Waals surface area contributed by atoms with Crippen LogP contribution in [0, 0.1) is 0 Å². The maximum atomic E-state index is 8.00. The van der Waals surface area contributed by atoms with Gasteiger partial charge in [0.05, 0.1) is 0 Å². The summed E-state index contributed by atoms with van der Waals surface area (Å²) >= 11 is 0. The Hall–Kier alpha value is 1.67. The number of rotatable bonds is 0. The Kier molecular flexibility index (Phi) is 97.8. The fraction of sp³-hybridized carbons (Fsp3) is 0. The maximum Gasteiger partial charge on any atom is 0.106 e. The molecule has 0 aliphatic carbocycles.